The quantitative estimate of drug-likeness (QED) is 0.659. The average molecular weight is 363 g/mol. The Morgan fingerprint density at radius 2 is 2.21 bits per heavy atom. The van der Waals surface area contributed by atoms with Crippen LogP contribution in [0.3, 0.4) is 0 Å². The van der Waals surface area contributed by atoms with Crippen molar-refractivity contribution in [2.75, 3.05) is 20.2 Å². The van der Waals surface area contributed by atoms with Crippen LogP contribution < -0.4 is 20.5 Å². The molecule has 7 nitrogen and oxygen atoms in total. The first kappa shape index (κ1) is 18.6. The van der Waals surface area contributed by atoms with Crippen molar-refractivity contribution in [2.45, 2.75) is 29.7 Å². The van der Waals surface area contributed by atoms with Gasteiger partial charge in [0.25, 0.3) is 5.92 Å². The molecule has 1 atom stereocenters. The SMILES string of the molecule is COc1ccc(CCNC(=O)C2CC(F)(F)CN2)cc1S(N)(=O)=O. The molecule has 1 aliphatic heterocycles. The smallest absolute Gasteiger partial charge is 0.262 e. The fraction of sp³-hybridized carbons (Fsp3) is 0.500. The van der Waals surface area contributed by atoms with E-state index in [1.165, 1.54) is 19.2 Å². The summed E-state index contributed by atoms with van der Waals surface area (Å²) in [5.41, 5.74) is 0.616. The van der Waals surface area contributed by atoms with E-state index in [1.807, 2.05) is 0 Å². The number of methoxy groups -OCH3 is 1. The van der Waals surface area contributed by atoms with Gasteiger partial charge in [-0.2, -0.15) is 0 Å². The summed E-state index contributed by atoms with van der Waals surface area (Å²) in [7, 11) is -2.61. The summed E-state index contributed by atoms with van der Waals surface area (Å²) in [6.45, 7) is -0.333. The van der Waals surface area contributed by atoms with Gasteiger partial charge in [-0.15, -0.1) is 0 Å². The Morgan fingerprint density at radius 3 is 2.75 bits per heavy atom. The molecule has 134 valence electrons. The Balaban J connectivity index is 1.94. The third-order valence-corrected chi connectivity index (χ3v) is 4.61. The van der Waals surface area contributed by atoms with Gasteiger partial charge in [0.1, 0.15) is 10.6 Å². The predicted octanol–water partition coefficient (Wildman–Crippen LogP) is -0.00150. The van der Waals surface area contributed by atoms with Crippen LogP contribution in [-0.2, 0) is 21.2 Å². The number of halogens is 2. The van der Waals surface area contributed by atoms with Crippen molar-refractivity contribution >= 4 is 15.9 Å². The van der Waals surface area contributed by atoms with E-state index in [-0.39, 0.29) is 17.2 Å². The number of benzene rings is 1. The van der Waals surface area contributed by atoms with Crippen LogP contribution in [-0.4, -0.2) is 46.5 Å². The highest BCUT2D eigenvalue weighted by atomic mass is 32.2. The van der Waals surface area contributed by atoms with Crippen molar-refractivity contribution in [1.82, 2.24) is 10.6 Å². The number of carbonyl (C=O) groups is 1. The van der Waals surface area contributed by atoms with Crippen LogP contribution in [0.4, 0.5) is 8.78 Å². The van der Waals surface area contributed by atoms with Gasteiger partial charge in [-0.05, 0) is 24.1 Å². The second kappa shape index (κ2) is 6.99. The third-order valence-electron chi connectivity index (χ3n) is 3.67. The van der Waals surface area contributed by atoms with Gasteiger partial charge in [0.15, 0.2) is 0 Å². The number of nitrogens with one attached hydrogen (secondary N) is 2. The maximum atomic E-state index is 13.0. The first-order chi connectivity index (χ1) is 11.1. The fourth-order valence-electron chi connectivity index (χ4n) is 2.45. The first-order valence-electron chi connectivity index (χ1n) is 7.21. The maximum absolute atomic E-state index is 13.0. The zero-order chi connectivity index (χ0) is 18.0. The Morgan fingerprint density at radius 1 is 1.50 bits per heavy atom. The summed E-state index contributed by atoms with van der Waals surface area (Å²) in [5, 5.41) is 10.1. The van der Waals surface area contributed by atoms with Crippen LogP contribution in [0, 0.1) is 0 Å². The van der Waals surface area contributed by atoms with Gasteiger partial charge in [0.05, 0.1) is 19.7 Å². The summed E-state index contributed by atoms with van der Waals surface area (Å²) in [6.07, 6.45) is -0.210. The van der Waals surface area contributed by atoms with Gasteiger partial charge < -0.3 is 10.1 Å². The lowest BCUT2D eigenvalue weighted by Gasteiger charge is -2.12. The number of rotatable bonds is 6. The number of amides is 1. The van der Waals surface area contributed by atoms with Crippen molar-refractivity contribution in [3.63, 3.8) is 0 Å². The number of alkyl halides is 2. The minimum absolute atomic E-state index is 0.127. The van der Waals surface area contributed by atoms with Crippen molar-refractivity contribution in [3.05, 3.63) is 23.8 Å². The van der Waals surface area contributed by atoms with Gasteiger partial charge in [-0.3, -0.25) is 10.1 Å². The Hall–Kier alpha value is -1.78. The largest absolute Gasteiger partial charge is 0.495 e. The normalized spacial score (nSPS) is 19.9. The van der Waals surface area contributed by atoms with E-state index in [0.29, 0.717) is 12.0 Å². The van der Waals surface area contributed by atoms with Gasteiger partial charge in [-0.25, -0.2) is 22.3 Å². The molecule has 4 N–H and O–H groups in total. The molecule has 1 aromatic carbocycles. The van der Waals surface area contributed by atoms with Gasteiger partial charge in [0.2, 0.25) is 15.9 Å². The summed E-state index contributed by atoms with van der Waals surface area (Å²) < 4.78 is 54.1. The van der Waals surface area contributed by atoms with E-state index in [4.69, 9.17) is 9.88 Å². The van der Waals surface area contributed by atoms with Crippen molar-refractivity contribution in [2.24, 2.45) is 5.14 Å². The molecule has 1 amide bonds. The number of carbonyl (C=O) groups excluding carboxylic acids is 1. The number of sulfonamides is 1. The van der Waals surface area contributed by atoms with E-state index < -0.39 is 40.9 Å². The van der Waals surface area contributed by atoms with E-state index in [2.05, 4.69) is 10.6 Å². The van der Waals surface area contributed by atoms with E-state index in [1.54, 1.807) is 6.07 Å². The van der Waals surface area contributed by atoms with E-state index >= 15 is 0 Å². The van der Waals surface area contributed by atoms with Gasteiger partial charge in [0, 0.05) is 13.0 Å². The summed E-state index contributed by atoms with van der Waals surface area (Å²) in [6, 6.07) is 3.55. The molecule has 0 saturated carbocycles. The molecule has 1 heterocycles. The standard InChI is InChI=1S/C14H19F2N3O4S/c1-23-11-3-2-9(6-12(11)24(17,21)22)4-5-18-13(20)10-7-14(15,16)8-19-10/h2-3,6,10,19H,4-5,7-8H2,1H3,(H,18,20)(H2,17,21,22). The predicted molar refractivity (Wildman–Crippen MR) is 82.4 cm³/mol. The molecule has 0 radical (unpaired) electrons. The molecule has 0 aromatic heterocycles. The lowest BCUT2D eigenvalue weighted by atomic mass is 10.1. The van der Waals surface area contributed by atoms with Crippen molar-refractivity contribution < 1.29 is 26.7 Å². The Bertz CT molecular complexity index is 725. The second-order valence-electron chi connectivity index (χ2n) is 5.56. The van der Waals surface area contributed by atoms with E-state index in [0.717, 1.165) is 0 Å². The van der Waals surface area contributed by atoms with Crippen LogP contribution in [0.15, 0.2) is 23.1 Å². The van der Waals surface area contributed by atoms with Gasteiger partial charge >= 0.3 is 0 Å². The van der Waals surface area contributed by atoms with Crippen LogP contribution in [0.5, 0.6) is 5.75 Å². The summed E-state index contributed by atoms with van der Waals surface area (Å²) >= 11 is 0. The minimum Gasteiger partial charge on any atom is -0.495 e. The molecule has 24 heavy (non-hydrogen) atoms. The summed E-state index contributed by atoms with van der Waals surface area (Å²) in [4.78, 5) is 11.7. The molecular weight excluding hydrogens is 344 g/mol. The topological polar surface area (TPSA) is 111 Å². The highest BCUT2D eigenvalue weighted by Crippen LogP contribution is 2.25. The summed E-state index contributed by atoms with van der Waals surface area (Å²) in [5.74, 6) is -3.25. The van der Waals surface area contributed by atoms with Crippen molar-refractivity contribution in [1.29, 1.82) is 0 Å². The zero-order valence-electron chi connectivity index (χ0n) is 13.0. The zero-order valence-corrected chi connectivity index (χ0v) is 13.8. The molecule has 1 unspecified atom stereocenters. The fourth-order valence-corrected chi connectivity index (χ4v) is 3.20. The van der Waals surface area contributed by atoms with Crippen LogP contribution in [0.1, 0.15) is 12.0 Å². The monoisotopic (exact) mass is 363 g/mol. The third kappa shape index (κ3) is 4.62. The highest BCUT2D eigenvalue weighted by molar-refractivity contribution is 7.89. The van der Waals surface area contributed by atoms with Gasteiger partial charge in [-0.1, -0.05) is 6.07 Å². The number of nitrogens with two attached hydrogens (primary N) is 1. The number of hydrogen-bond acceptors (Lipinski definition) is 5. The number of hydrogen-bond donors (Lipinski definition) is 3. The molecule has 2 rings (SSSR count). The Kier molecular flexibility index (Phi) is 5.41. The first-order valence-corrected chi connectivity index (χ1v) is 8.76. The molecule has 1 aliphatic rings. The molecule has 0 bridgehead atoms. The molecule has 1 saturated heterocycles. The molecule has 0 aliphatic carbocycles. The number of primary sulfonamides is 1. The average Bonchev–Trinajstić information content (AvgIpc) is 2.86. The molecular formula is C14H19F2N3O4S. The lowest BCUT2D eigenvalue weighted by molar-refractivity contribution is -0.123. The minimum atomic E-state index is -3.94. The lowest BCUT2D eigenvalue weighted by Crippen LogP contribution is -2.41. The maximum Gasteiger partial charge on any atom is 0.262 e. The molecule has 10 heteroatoms. The Labute approximate surface area is 138 Å². The van der Waals surface area contributed by atoms with Crippen LogP contribution in [0.2, 0.25) is 0 Å². The molecule has 1 fully saturated rings. The number of ether oxygens (including phenoxy) is 1. The molecule has 0 spiro atoms. The highest BCUT2D eigenvalue weighted by Gasteiger charge is 2.42. The van der Waals surface area contributed by atoms with E-state index in [9.17, 15) is 22.0 Å². The van der Waals surface area contributed by atoms with Crippen LogP contribution in [0.25, 0.3) is 0 Å². The van der Waals surface area contributed by atoms with Crippen molar-refractivity contribution in [3.8, 4) is 5.75 Å². The van der Waals surface area contributed by atoms with Crippen LogP contribution >= 0.6 is 0 Å². The molecule has 1 aromatic rings. The second-order valence-corrected chi connectivity index (χ2v) is 7.09.